The molecule has 0 bridgehead atoms. The molecule has 2 atom stereocenters. The number of cyclic esters (lactones) is 1. The smallest absolute Gasteiger partial charge is 0.309 e. The van der Waals surface area contributed by atoms with Crippen molar-refractivity contribution < 1.29 is 23.2 Å². The Kier molecular flexibility index (Phi) is 0.974. The molecule has 15 heavy (non-hydrogen) atoms. The molecule has 2 rings (SSSR count). The summed E-state index contributed by atoms with van der Waals surface area (Å²) in [7, 11) is 1.20. The van der Waals surface area contributed by atoms with E-state index in [1.807, 2.05) is 0 Å². The predicted octanol–water partition coefficient (Wildman–Crippen LogP) is 1.16. The lowest BCUT2D eigenvalue weighted by atomic mass is 9.89. The molecule has 0 saturated carbocycles. The molecule has 4 nitrogen and oxygen atoms in total. The fourth-order valence-corrected chi connectivity index (χ4v) is 1.18. The third-order valence-electron chi connectivity index (χ3n) is 2.05. The van der Waals surface area contributed by atoms with Gasteiger partial charge in [0.05, 0.1) is 22.9 Å². The van der Waals surface area contributed by atoms with Crippen molar-refractivity contribution in [3.63, 3.8) is 0 Å². The summed E-state index contributed by atoms with van der Waals surface area (Å²) >= 11 is 0. The van der Waals surface area contributed by atoms with Crippen LogP contribution in [-0.4, -0.2) is 22.1 Å². The maximum absolute atomic E-state index is 12.0. The quantitative estimate of drug-likeness (QED) is 0.715. The Morgan fingerprint density at radius 3 is 3.60 bits per heavy atom. The van der Waals surface area contributed by atoms with E-state index in [2.05, 4.69) is 9.72 Å². The van der Waals surface area contributed by atoms with Crippen LogP contribution in [0.1, 0.15) is 32.7 Å². The van der Waals surface area contributed by atoms with Gasteiger partial charge in [-0.25, -0.2) is 4.98 Å². The zero-order valence-electron chi connectivity index (χ0n) is 18.0. The summed E-state index contributed by atoms with van der Waals surface area (Å²) in [5.41, 5.74) is -0.606. The Labute approximate surface area is 103 Å². The molecule has 1 aromatic heterocycles. The first-order chi connectivity index (χ1) is 11.1. The number of hydrogen-bond acceptors (Lipinski definition) is 3. The highest BCUT2D eigenvalue weighted by atomic mass is 16.5. The fraction of sp³-hybridized carbons (Fsp3) is 0.636. The summed E-state index contributed by atoms with van der Waals surface area (Å²) in [5.74, 6) is -6.27. The van der Waals surface area contributed by atoms with Gasteiger partial charge in [0.25, 0.3) is 0 Å². The van der Waals surface area contributed by atoms with E-state index in [4.69, 9.17) is 13.7 Å². The average molecular weight is 218 g/mol. The van der Waals surface area contributed by atoms with Crippen LogP contribution in [0.15, 0.2) is 12.5 Å². The Balaban J connectivity index is 2.70. The first kappa shape index (κ1) is 3.61. The normalized spacial score (nSPS) is 45.4. The molecule has 0 N–H and O–H groups in total. The van der Waals surface area contributed by atoms with Crippen LogP contribution in [0.3, 0.4) is 0 Å². The molecule has 4 heteroatoms. The summed E-state index contributed by atoms with van der Waals surface area (Å²) < 4.78 is 83.3. The van der Waals surface area contributed by atoms with Crippen molar-refractivity contribution in [3.05, 3.63) is 18.2 Å². The minimum absolute atomic E-state index is 0.495. The lowest BCUT2D eigenvalue weighted by Gasteiger charge is -2.12. The fourth-order valence-electron chi connectivity index (χ4n) is 1.18. The summed E-state index contributed by atoms with van der Waals surface area (Å²) in [6.45, 7) is -5.88. The number of nitrogens with zero attached hydrogens (tertiary/aromatic N) is 2. The van der Waals surface area contributed by atoms with Gasteiger partial charge in [0.1, 0.15) is 1.37 Å². The topological polar surface area (TPSA) is 44.1 Å². The van der Waals surface area contributed by atoms with Crippen LogP contribution in [0.4, 0.5) is 0 Å². The minimum atomic E-state index is -3.15. The van der Waals surface area contributed by atoms with Gasteiger partial charge in [0.15, 0.2) is 0 Å². The predicted molar refractivity (Wildman–Crippen MR) is 55.1 cm³/mol. The maximum atomic E-state index is 12.0. The van der Waals surface area contributed by atoms with Crippen molar-refractivity contribution in [2.75, 3.05) is 6.56 Å². The van der Waals surface area contributed by atoms with Crippen LogP contribution in [0.2, 0.25) is 0 Å². The number of carbonyl (C=O) groups excluding carboxylic acids is 1. The Morgan fingerprint density at radius 2 is 2.93 bits per heavy atom. The van der Waals surface area contributed by atoms with Crippen LogP contribution in [0.25, 0.3) is 0 Å². The SMILES string of the molecule is [2H]c1nc([2H])n(C)c1C([2H])([2H])[C@]1([2H])[C@H](CC([2H])([2H])[2H])C(=O)OC1([2H])[2H]. The van der Waals surface area contributed by atoms with Crippen LogP contribution >= 0.6 is 0 Å². The summed E-state index contributed by atoms with van der Waals surface area (Å²) in [6, 6.07) is 0. The van der Waals surface area contributed by atoms with Gasteiger partial charge in [0, 0.05) is 33.0 Å². The molecule has 1 saturated heterocycles. The molecule has 1 aromatic rings. The molecule has 0 spiro atoms. The van der Waals surface area contributed by atoms with E-state index < -0.39 is 62.2 Å². The molecule has 82 valence electrons. The van der Waals surface area contributed by atoms with Crippen LogP contribution in [0.5, 0.6) is 0 Å². The second-order valence-electron chi connectivity index (χ2n) is 3.05. The monoisotopic (exact) mass is 218 g/mol. The molecule has 0 aliphatic carbocycles. The van der Waals surface area contributed by atoms with Gasteiger partial charge in [-0.05, 0) is 12.8 Å². The van der Waals surface area contributed by atoms with Crippen molar-refractivity contribution in [3.8, 4) is 0 Å². The zero-order valence-corrected chi connectivity index (χ0v) is 8.00. The summed E-state index contributed by atoms with van der Waals surface area (Å²) in [6.07, 6.45) is -5.21. The third kappa shape index (κ3) is 1.89. The minimum Gasteiger partial charge on any atom is -0.465 e. The van der Waals surface area contributed by atoms with E-state index in [1.165, 1.54) is 7.05 Å². The molecule has 1 aliphatic heterocycles. The molecule has 0 aromatic carbocycles. The van der Waals surface area contributed by atoms with Crippen LogP contribution in [0, 0.1) is 11.8 Å². The second kappa shape index (κ2) is 4.04. The van der Waals surface area contributed by atoms with E-state index in [9.17, 15) is 4.79 Å². The summed E-state index contributed by atoms with van der Waals surface area (Å²) in [4.78, 5) is 15.5. The molecule has 1 aliphatic rings. The van der Waals surface area contributed by atoms with E-state index in [0.29, 0.717) is 0 Å². The number of ether oxygens (including phenoxy) is 1. The Hall–Kier alpha value is -1.32. The molecule has 0 radical (unpaired) electrons. The van der Waals surface area contributed by atoms with Gasteiger partial charge >= 0.3 is 5.97 Å². The highest BCUT2D eigenvalue weighted by Gasteiger charge is 2.35. The van der Waals surface area contributed by atoms with Gasteiger partial charge in [0.2, 0.25) is 0 Å². The highest BCUT2D eigenvalue weighted by Crippen LogP contribution is 2.27. The summed E-state index contributed by atoms with van der Waals surface area (Å²) in [5, 5.41) is 0. The largest absolute Gasteiger partial charge is 0.465 e. The van der Waals surface area contributed by atoms with Crippen molar-refractivity contribution >= 4 is 5.97 Å². The van der Waals surface area contributed by atoms with Gasteiger partial charge in [-0.2, -0.15) is 0 Å². The zero-order chi connectivity index (χ0) is 19.6. The van der Waals surface area contributed by atoms with Crippen LogP contribution < -0.4 is 0 Å². The van der Waals surface area contributed by atoms with Gasteiger partial charge in [-0.15, -0.1) is 0 Å². The van der Waals surface area contributed by atoms with Crippen molar-refractivity contribution in [2.45, 2.75) is 19.6 Å². The van der Waals surface area contributed by atoms with E-state index >= 15 is 0 Å². The number of esters is 1. The number of hydrogen-bond donors (Lipinski definition) is 0. The average Bonchev–Trinajstić information content (AvgIpc) is 2.75. The Morgan fingerprint density at radius 1 is 2.07 bits per heavy atom. The van der Waals surface area contributed by atoms with Crippen LogP contribution in [-0.2, 0) is 23.0 Å². The van der Waals surface area contributed by atoms with E-state index in [-0.39, 0.29) is 0 Å². The number of aromatic nitrogens is 2. The van der Waals surface area contributed by atoms with Gasteiger partial charge in [-0.3, -0.25) is 4.79 Å². The van der Waals surface area contributed by atoms with Gasteiger partial charge < -0.3 is 9.30 Å². The van der Waals surface area contributed by atoms with Crippen molar-refractivity contribution in [1.29, 1.82) is 0 Å². The third-order valence-corrected chi connectivity index (χ3v) is 2.05. The number of carbonyl (C=O) groups is 1. The van der Waals surface area contributed by atoms with Crippen molar-refractivity contribution in [2.24, 2.45) is 18.9 Å². The molecule has 0 unspecified atom stereocenters. The molecule has 1 fully saturated rings. The highest BCUT2D eigenvalue weighted by molar-refractivity contribution is 5.74. The standard InChI is InChI=1S/C11H16N2O2/c1-3-10-8(6-15-11(10)14)4-9-5-12-7-13(9)2/h5,7-8,10H,3-4,6H2,1-2H3/t8-,10-/m0/s1/i1D3,4D2,5D,6D2,7D,8D. The molecular formula is C11H16N2O2. The first-order valence-electron chi connectivity index (χ1n) is 9.29. The first-order valence-corrected chi connectivity index (χ1v) is 4.29. The second-order valence-corrected chi connectivity index (χ2v) is 3.05. The van der Waals surface area contributed by atoms with E-state index in [0.717, 1.165) is 4.57 Å². The molecule has 0 amide bonds. The van der Waals surface area contributed by atoms with E-state index in [1.54, 1.807) is 0 Å². The lowest BCUT2D eigenvalue weighted by Crippen LogP contribution is -2.18. The Bertz CT molecular complexity index is 712. The van der Waals surface area contributed by atoms with Crippen molar-refractivity contribution in [1.82, 2.24) is 9.55 Å². The maximum Gasteiger partial charge on any atom is 0.309 e. The molecular weight excluding hydrogens is 192 g/mol. The lowest BCUT2D eigenvalue weighted by molar-refractivity contribution is -0.141. The number of rotatable bonds is 3. The van der Waals surface area contributed by atoms with Gasteiger partial charge in [-0.1, -0.05) is 6.85 Å². The molecule has 2 heterocycles. The number of imidazole rings is 1.